The van der Waals surface area contributed by atoms with Crippen molar-refractivity contribution in [1.29, 1.82) is 0 Å². The molecule has 23 heavy (non-hydrogen) atoms. The summed E-state index contributed by atoms with van der Waals surface area (Å²) >= 11 is 11.6. The van der Waals surface area contributed by atoms with Crippen LogP contribution in [0.15, 0.2) is 24.3 Å². The first-order valence-corrected chi connectivity index (χ1v) is 7.07. The Morgan fingerprint density at radius 1 is 1.17 bits per heavy atom. The van der Waals surface area contributed by atoms with Crippen LogP contribution in [0.3, 0.4) is 0 Å². The summed E-state index contributed by atoms with van der Waals surface area (Å²) in [5.41, 5.74) is 0.0335. The van der Waals surface area contributed by atoms with E-state index < -0.39 is 29.4 Å². The minimum Gasteiger partial charge on any atom is -0.436 e. The molecule has 1 aromatic heterocycles. The quantitative estimate of drug-likeness (QED) is 0.615. The second-order valence-corrected chi connectivity index (χ2v) is 5.49. The highest BCUT2D eigenvalue weighted by molar-refractivity contribution is 6.30. The van der Waals surface area contributed by atoms with Gasteiger partial charge in [-0.2, -0.15) is 18.7 Å². The van der Waals surface area contributed by atoms with E-state index >= 15 is 0 Å². The van der Waals surface area contributed by atoms with Gasteiger partial charge >= 0.3 is 12.2 Å². The Morgan fingerprint density at radius 2 is 1.78 bits per heavy atom. The fourth-order valence-electron chi connectivity index (χ4n) is 1.75. The Kier molecular flexibility index (Phi) is 5.33. The van der Waals surface area contributed by atoms with Gasteiger partial charge in [0.2, 0.25) is 5.95 Å². The van der Waals surface area contributed by atoms with Gasteiger partial charge in [0.05, 0.1) is 5.56 Å². The molecule has 1 unspecified atom stereocenters. The van der Waals surface area contributed by atoms with Gasteiger partial charge in [-0.1, -0.05) is 35.3 Å². The molecule has 122 valence electrons. The molecule has 1 atom stereocenters. The van der Waals surface area contributed by atoms with Crippen molar-refractivity contribution in [3.05, 3.63) is 57.6 Å². The van der Waals surface area contributed by atoms with Crippen LogP contribution >= 0.6 is 23.2 Å². The van der Waals surface area contributed by atoms with Crippen molar-refractivity contribution in [1.82, 2.24) is 14.9 Å². The van der Waals surface area contributed by atoms with E-state index in [2.05, 4.69) is 9.97 Å². The van der Waals surface area contributed by atoms with Gasteiger partial charge in [-0.25, -0.2) is 4.79 Å². The maximum absolute atomic E-state index is 14.1. The predicted octanol–water partition coefficient (Wildman–Crippen LogP) is 3.85. The van der Waals surface area contributed by atoms with Crippen LogP contribution in [0.25, 0.3) is 0 Å². The molecule has 1 amide bonds. The first-order valence-electron chi connectivity index (χ1n) is 6.31. The molecule has 0 aliphatic carbocycles. The third kappa shape index (κ3) is 4.05. The predicted molar refractivity (Wildman–Crippen MR) is 80.4 cm³/mol. The van der Waals surface area contributed by atoms with Crippen LogP contribution in [0.5, 0.6) is 0 Å². The first kappa shape index (κ1) is 17.4. The summed E-state index contributed by atoms with van der Waals surface area (Å²) in [6, 6.07) is 6.11. The molecule has 0 fully saturated rings. The zero-order valence-electron chi connectivity index (χ0n) is 12.1. The van der Waals surface area contributed by atoms with Crippen molar-refractivity contribution < 1.29 is 18.3 Å². The summed E-state index contributed by atoms with van der Waals surface area (Å²) in [5.74, 6) is -1.21. The molecule has 0 bridgehead atoms. The van der Waals surface area contributed by atoms with Crippen LogP contribution in [0.4, 0.5) is 13.6 Å². The highest BCUT2D eigenvalue weighted by atomic mass is 35.5. The number of ether oxygens (including phenoxy) is 1. The smallest absolute Gasteiger partial charge is 0.410 e. The van der Waals surface area contributed by atoms with Gasteiger partial charge in [-0.15, -0.1) is 0 Å². The number of benzene rings is 1. The lowest BCUT2D eigenvalue weighted by Gasteiger charge is -2.21. The number of rotatable bonds is 3. The Bertz CT molecular complexity index is 703. The van der Waals surface area contributed by atoms with E-state index in [-0.39, 0.29) is 5.56 Å². The zero-order valence-corrected chi connectivity index (χ0v) is 13.6. The highest BCUT2D eigenvalue weighted by Crippen LogP contribution is 2.33. The molecule has 0 saturated heterocycles. The van der Waals surface area contributed by atoms with Crippen molar-refractivity contribution in [2.45, 2.75) is 6.10 Å². The lowest BCUT2D eigenvalue weighted by molar-refractivity contribution is 0.0890. The van der Waals surface area contributed by atoms with E-state index in [1.807, 2.05) is 0 Å². The highest BCUT2D eigenvalue weighted by Gasteiger charge is 2.28. The Balaban J connectivity index is 2.53. The second kappa shape index (κ2) is 7.06. The number of carbonyl (C=O) groups is 1. The lowest BCUT2D eigenvalue weighted by Crippen LogP contribution is -2.26. The van der Waals surface area contributed by atoms with E-state index in [0.717, 1.165) is 4.90 Å². The summed E-state index contributed by atoms with van der Waals surface area (Å²) in [4.78, 5) is 19.3. The summed E-state index contributed by atoms with van der Waals surface area (Å²) in [6.07, 6.45) is -3.31. The van der Waals surface area contributed by atoms with Crippen LogP contribution in [-0.2, 0) is 4.74 Å². The van der Waals surface area contributed by atoms with E-state index in [9.17, 15) is 13.6 Å². The summed E-state index contributed by atoms with van der Waals surface area (Å²) in [5, 5.41) is -0.0464. The Morgan fingerprint density at radius 3 is 2.30 bits per heavy atom. The van der Waals surface area contributed by atoms with E-state index in [1.165, 1.54) is 38.4 Å². The van der Waals surface area contributed by atoms with Crippen molar-refractivity contribution in [2.24, 2.45) is 0 Å². The number of hydrogen-bond donors (Lipinski definition) is 0. The number of aromatic nitrogens is 2. The number of halogens is 4. The van der Waals surface area contributed by atoms with E-state index in [4.69, 9.17) is 27.9 Å². The lowest BCUT2D eigenvalue weighted by atomic mass is 10.0. The number of amides is 1. The molecule has 0 radical (unpaired) electrons. The van der Waals surface area contributed by atoms with Crippen LogP contribution in [0, 0.1) is 12.0 Å². The van der Waals surface area contributed by atoms with Crippen LogP contribution in [-0.4, -0.2) is 35.1 Å². The molecule has 0 aliphatic rings. The fraction of sp³-hybridized carbons (Fsp3) is 0.214. The number of carbonyl (C=O) groups excluding carboxylic acids is 1. The van der Waals surface area contributed by atoms with Gasteiger partial charge in [0.15, 0.2) is 6.10 Å². The van der Waals surface area contributed by atoms with Crippen LogP contribution in [0.2, 0.25) is 10.2 Å². The maximum Gasteiger partial charge on any atom is 0.410 e. The molecule has 0 N–H and O–H groups in total. The standard InChI is InChI=1S/C14H11Cl2F2N3O2/c1-21(2)14(22)23-10(7-3-5-8(15)6-4-7)9-11(16)19-13(18)20-12(9)17/h3-6,10H,1-2H3. The van der Waals surface area contributed by atoms with Gasteiger partial charge in [-0.3, -0.25) is 0 Å². The van der Waals surface area contributed by atoms with Gasteiger partial charge in [0, 0.05) is 19.1 Å². The molecular formula is C14H11Cl2F2N3O2. The average molecular weight is 362 g/mol. The largest absolute Gasteiger partial charge is 0.436 e. The molecule has 0 spiro atoms. The SMILES string of the molecule is CN(C)C(=O)OC(c1ccc(Cl)cc1)c1c(F)nc(F)nc1Cl. The van der Waals surface area contributed by atoms with Crippen molar-refractivity contribution in [3.63, 3.8) is 0 Å². The second-order valence-electron chi connectivity index (χ2n) is 4.70. The average Bonchev–Trinajstić information content (AvgIpc) is 2.45. The van der Waals surface area contributed by atoms with E-state index in [1.54, 1.807) is 0 Å². The fourth-order valence-corrected chi connectivity index (χ4v) is 2.12. The minimum atomic E-state index is -1.31. The monoisotopic (exact) mass is 361 g/mol. The molecule has 2 rings (SSSR count). The van der Waals surface area contributed by atoms with Crippen molar-refractivity contribution >= 4 is 29.3 Å². The van der Waals surface area contributed by atoms with Gasteiger partial charge in [0.25, 0.3) is 0 Å². The van der Waals surface area contributed by atoms with Gasteiger partial charge in [0.1, 0.15) is 5.15 Å². The van der Waals surface area contributed by atoms with Crippen molar-refractivity contribution in [2.75, 3.05) is 14.1 Å². The molecule has 0 aliphatic heterocycles. The van der Waals surface area contributed by atoms with Gasteiger partial charge < -0.3 is 9.64 Å². The summed E-state index contributed by atoms with van der Waals surface area (Å²) in [7, 11) is 2.92. The summed E-state index contributed by atoms with van der Waals surface area (Å²) in [6.45, 7) is 0. The molecule has 2 aromatic rings. The number of hydrogen-bond acceptors (Lipinski definition) is 4. The van der Waals surface area contributed by atoms with Crippen LogP contribution in [0.1, 0.15) is 17.2 Å². The Labute approximate surface area is 140 Å². The molecule has 0 saturated carbocycles. The third-order valence-electron chi connectivity index (χ3n) is 2.84. The molecule has 1 aromatic carbocycles. The maximum atomic E-state index is 14.1. The molecule has 5 nitrogen and oxygen atoms in total. The van der Waals surface area contributed by atoms with Crippen LogP contribution < -0.4 is 0 Å². The summed E-state index contributed by atoms with van der Waals surface area (Å²) < 4.78 is 32.4. The Hall–Kier alpha value is -1.99. The first-order chi connectivity index (χ1) is 10.8. The van der Waals surface area contributed by atoms with Crippen molar-refractivity contribution in [3.8, 4) is 0 Å². The number of nitrogens with zero attached hydrogens (tertiary/aromatic N) is 3. The molecule has 9 heteroatoms. The van der Waals surface area contributed by atoms with Gasteiger partial charge in [-0.05, 0) is 17.7 Å². The zero-order chi connectivity index (χ0) is 17.1. The topological polar surface area (TPSA) is 55.3 Å². The minimum absolute atomic E-state index is 0.342. The normalized spacial score (nSPS) is 11.9. The third-order valence-corrected chi connectivity index (χ3v) is 3.38. The molecule has 1 heterocycles. The van der Waals surface area contributed by atoms with E-state index in [0.29, 0.717) is 10.6 Å². The molecular weight excluding hydrogens is 351 g/mol.